The van der Waals surface area contributed by atoms with Gasteiger partial charge in [0, 0.05) is 45.3 Å². The number of hydrogen-bond donors (Lipinski definition) is 1. The molecule has 3 aromatic rings. The normalized spacial score (nSPS) is 10.5. The fourth-order valence-electron chi connectivity index (χ4n) is 2.16. The number of thioether (sulfide) groups is 1. The molecule has 4 nitrogen and oxygen atoms in total. The molecule has 2 aromatic carbocycles. The molecule has 0 bridgehead atoms. The summed E-state index contributed by atoms with van der Waals surface area (Å²) in [6.45, 7) is 0.628. The second kappa shape index (κ2) is 8.17. The third-order valence-electron chi connectivity index (χ3n) is 3.40. The van der Waals surface area contributed by atoms with Crippen LogP contribution in [0.4, 0.5) is 0 Å². The number of nitrogens with zero attached hydrogens (tertiary/aromatic N) is 2. The van der Waals surface area contributed by atoms with Crippen LogP contribution in [0.3, 0.4) is 0 Å². The van der Waals surface area contributed by atoms with Gasteiger partial charge in [0.1, 0.15) is 0 Å². The van der Waals surface area contributed by atoms with Crippen LogP contribution in [0.25, 0.3) is 5.69 Å². The highest BCUT2D eigenvalue weighted by molar-refractivity contribution is 9.10. The molecule has 1 N–H and O–H groups in total. The summed E-state index contributed by atoms with van der Waals surface area (Å²) in [5, 5.41) is 2.95. The average molecular weight is 402 g/mol. The van der Waals surface area contributed by atoms with Gasteiger partial charge in [-0.2, -0.15) is 0 Å². The highest BCUT2D eigenvalue weighted by Gasteiger charge is 2.05. The van der Waals surface area contributed by atoms with Crippen LogP contribution in [0.2, 0.25) is 0 Å². The van der Waals surface area contributed by atoms with Crippen molar-refractivity contribution in [3.8, 4) is 5.69 Å². The van der Waals surface area contributed by atoms with Gasteiger partial charge >= 0.3 is 0 Å². The number of carbonyl (C=O) groups is 1. The molecule has 0 aliphatic heterocycles. The molecule has 0 aliphatic carbocycles. The van der Waals surface area contributed by atoms with E-state index in [0.29, 0.717) is 12.1 Å². The van der Waals surface area contributed by atoms with Crippen molar-refractivity contribution >= 4 is 33.6 Å². The van der Waals surface area contributed by atoms with Crippen LogP contribution in [0, 0.1) is 0 Å². The van der Waals surface area contributed by atoms with E-state index in [4.69, 9.17) is 0 Å². The first-order valence-corrected chi connectivity index (χ1v) is 9.25. The van der Waals surface area contributed by atoms with Crippen molar-refractivity contribution in [2.75, 3.05) is 12.3 Å². The Kier molecular flexibility index (Phi) is 5.72. The first-order chi connectivity index (χ1) is 11.7. The Bertz CT molecular complexity index is 786. The second-order valence-corrected chi connectivity index (χ2v) is 7.16. The number of rotatable bonds is 6. The molecule has 0 spiro atoms. The maximum atomic E-state index is 12.2. The Balaban J connectivity index is 1.47. The van der Waals surface area contributed by atoms with Crippen molar-refractivity contribution < 1.29 is 4.79 Å². The molecule has 122 valence electrons. The molecule has 0 radical (unpaired) electrons. The molecule has 0 saturated heterocycles. The number of hydrogen-bond acceptors (Lipinski definition) is 3. The van der Waals surface area contributed by atoms with Crippen LogP contribution in [-0.4, -0.2) is 27.8 Å². The predicted octanol–water partition coefficient (Wildman–Crippen LogP) is 4.16. The summed E-state index contributed by atoms with van der Waals surface area (Å²) in [5.74, 6) is 0.782. The van der Waals surface area contributed by atoms with Gasteiger partial charge in [-0.15, -0.1) is 11.8 Å². The first kappa shape index (κ1) is 16.8. The van der Waals surface area contributed by atoms with Crippen LogP contribution in [0.15, 0.2) is 76.6 Å². The van der Waals surface area contributed by atoms with E-state index in [1.807, 2.05) is 47.2 Å². The van der Waals surface area contributed by atoms with Crippen molar-refractivity contribution in [3.63, 3.8) is 0 Å². The average Bonchev–Trinajstić information content (AvgIpc) is 3.15. The van der Waals surface area contributed by atoms with E-state index in [-0.39, 0.29) is 5.91 Å². The molecule has 0 atom stereocenters. The van der Waals surface area contributed by atoms with Crippen molar-refractivity contribution in [1.29, 1.82) is 0 Å². The van der Waals surface area contributed by atoms with Gasteiger partial charge < -0.3 is 9.88 Å². The number of halogens is 1. The van der Waals surface area contributed by atoms with E-state index in [0.717, 1.165) is 15.9 Å². The first-order valence-electron chi connectivity index (χ1n) is 7.47. The molecule has 1 aromatic heterocycles. The minimum absolute atomic E-state index is 0.0522. The highest BCUT2D eigenvalue weighted by Crippen LogP contribution is 2.20. The monoisotopic (exact) mass is 401 g/mol. The highest BCUT2D eigenvalue weighted by atomic mass is 79.9. The van der Waals surface area contributed by atoms with Crippen LogP contribution >= 0.6 is 27.7 Å². The lowest BCUT2D eigenvalue weighted by Crippen LogP contribution is -2.25. The lowest BCUT2D eigenvalue weighted by Gasteiger charge is -2.07. The summed E-state index contributed by atoms with van der Waals surface area (Å²) in [7, 11) is 0. The zero-order chi connectivity index (χ0) is 16.8. The van der Waals surface area contributed by atoms with Crippen LogP contribution < -0.4 is 5.32 Å². The Morgan fingerprint density at radius 2 is 1.88 bits per heavy atom. The Morgan fingerprint density at radius 3 is 2.54 bits per heavy atom. The van der Waals surface area contributed by atoms with Gasteiger partial charge in [-0.3, -0.25) is 4.79 Å². The topological polar surface area (TPSA) is 46.9 Å². The van der Waals surface area contributed by atoms with Gasteiger partial charge in [-0.1, -0.05) is 15.9 Å². The molecule has 0 unspecified atom stereocenters. The van der Waals surface area contributed by atoms with Gasteiger partial charge in [-0.05, 0) is 48.5 Å². The van der Waals surface area contributed by atoms with E-state index < -0.39 is 0 Å². The lowest BCUT2D eigenvalue weighted by molar-refractivity contribution is 0.0956. The van der Waals surface area contributed by atoms with Crippen LogP contribution in [-0.2, 0) is 0 Å². The van der Waals surface area contributed by atoms with Gasteiger partial charge in [0.05, 0.1) is 6.33 Å². The standard InChI is InChI=1S/C18H16BrN3OS/c19-15-3-7-17(8-4-15)24-12-10-21-18(23)14-1-5-16(6-2-14)22-11-9-20-13-22/h1-9,11,13H,10,12H2,(H,21,23). The third kappa shape index (κ3) is 4.49. The molecular formula is C18H16BrN3OS. The molecule has 6 heteroatoms. The predicted molar refractivity (Wildman–Crippen MR) is 101 cm³/mol. The summed E-state index contributed by atoms with van der Waals surface area (Å²) >= 11 is 5.14. The fourth-order valence-corrected chi connectivity index (χ4v) is 3.20. The van der Waals surface area contributed by atoms with Crippen LogP contribution in [0.1, 0.15) is 10.4 Å². The van der Waals surface area contributed by atoms with E-state index in [2.05, 4.69) is 38.4 Å². The number of benzene rings is 2. The number of nitrogens with one attached hydrogen (secondary N) is 1. The Morgan fingerprint density at radius 1 is 1.12 bits per heavy atom. The van der Waals surface area contributed by atoms with Gasteiger partial charge in [0.15, 0.2) is 0 Å². The molecule has 1 amide bonds. The maximum absolute atomic E-state index is 12.2. The molecular weight excluding hydrogens is 386 g/mol. The van der Waals surface area contributed by atoms with Crippen molar-refractivity contribution in [2.45, 2.75) is 4.90 Å². The van der Waals surface area contributed by atoms with E-state index in [9.17, 15) is 4.79 Å². The van der Waals surface area contributed by atoms with Gasteiger partial charge in [0.2, 0.25) is 0 Å². The minimum atomic E-state index is -0.0522. The molecule has 24 heavy (non-hydrogen) atoms. The second-order valence-electron chi connectivity index (χ2n) is 5.08. The molecule has 0 fully saturated rings. The summed E-state index contributed by atoms with van der Waals surface area (Å²) < 4.78 is 2.97. The molecule has 1 heterocycles. The summed E-state index contributed by atoms with van der Waals surface area (Å²) in [5.41, 5.74) is 1.64. The van der Waals surface area contributed by atoms with E-state index >= 15 is 0 Å². The quantitative estimate of drug-likeness (QED) is 0.498. The minimum Gasteiger partial charge on any atom is -0.351 e. The van der Waals surface area contributed by atoms with Crippen molar-refractivity contribution in [3.05, 3.63) is 77.3 Å². The Hall–Kier alpha value is -2.05. The van der Waals surface area contributed by atoms with E-state index in [1.165, 1.54) is 4.90 Å². The number of imidazole rings is 1. The SMILES string of the molecule is O=C(NCCSc1ccc(Br)cc1)c1ccc(-n2ccnc2)cc1. The van der Waals surface area contributed by atoms with Crippen LogP contribution in [0.5, 0.6) is 0 Å². The lowest BCUT2D eigenvalue weighted by atomic mass is 10.2. The van der Waals surface area contributed by atoms with Crippen molar-refractivity contribution in [1.82, 2.24) is 14.9 Å². The summed E-state index contributed by atoms with van der Waals surface area (Å²) in [4.78, 5) is 17.4. The molecule has 0 saturated carbocycles. The van der Waals surface area contributed by atoms with Crippen molar-refractivity contribution in [2.24, 2.45) is 0 Å². The summed E-state index contributed by atoms with van der Waals surface area (Å²) in [6.07, 6.45) is 5.33. The molecule has 3 rings (SSSR count). The Labute approximate surface area is 153 Å². The van der Waals surface area contributed by atoms with Gasteiger partial charge in [-0.25, -0.2) is 4.98 Å². The number of carbonyl (C=O) groups excluding carboxylic acids is 1. The number of aromatic nitrogens is 2. The zero-order valence-electron chi connectivity index (χ0n) is 12.9. The largest absolute Gasteiger partial charge is 0.351 e. The maximum Gasteiger partial charge on any atom is 0.251 e. The fraction of sp³-hybridized carbons (Fsp3) is 0.111. The van der Waals surface area contributed by atoms with E-state index in [1.54, 1.807) is 24.3 Å². The summed E-state index contributed by atoms with van der Waals surface area (Å²) in [6, 6.07) is 15.6. The number of amides is 1. The van der Waals surface area contributed by atoms with Gasteiger partial charge in [0.25, 0.3) is 5.91 Å². The third-order valence-corrected chi connectivity index (χ3v) is 4.94. The zero-order valence-corrected chi connectivity index (χ0v) is 15.3. The smallest absolute Gasteiger partial charge is 0.251 e. The molecule has 0 aliphatic rings.